The van der Waals surface area contributed by atoms with Crippen LogP contribution in [0.5, 0.6) is 0 Å². The number of anilines is 1. The molecule has 1 aromatic heterocycles. The molecule has 0 aliphatic heterocycles. The van der Waals surface area contributed by atoms with Crippen LogP contribution in [-0.2, 0) is 15.3 Å². The van der Waals surface area contributed by atoms with Crippen molar-refractivity contribution in [3.63, 3.8) is 0 Å². The van der Waals surface area contributed by atoms with Crippen LogP contribution in [0.3, 0.4) is 0 Å². The molecule has 2 aromatic carbocycles. The van der Waals surface area contributed by atoms with Crippen LogP contribution in [0, 0.1) is 0 Å². The first-order chi connectivity index (χ1) is 13.0. The topological polar surface area (TPSA) is 63.4 Å². The van der Waals surface area contributed by atoms with E-state index in [1.807, 2.05) is 24.3 Å². The predicted molar refractivity (Wildman–Crippen MR) is 115 cm³/mol. The molecule has 0 aliphatic carbocycles. The fourth-order valence-corrected chi connectivity index (χ4v) is 4.36. The van der Waals surface area contributed by atoms with E-state index in [4.69, 9.17) is 4.42 Å². The van der Waals surface area contributed by atoms with E-state index in [-0.39, 0.29) is 27.1 Å². The van der Waals surface area contributed by atoms with Crippen molar-refractivity contribution < 1.29 is 12.8 Å². The van der Waals surface area contributed by atoms with Crippen LogP contribution in [0.1, 0.15) is 26.3 Å². The third-order valence-electron chi connectivity index (χ3n) is 4.36. The molecular formula is C21H23BrN2O3S. The summed E-state index contributed by atoms with van der Waals surface area (Å²) in [6, 6.07) is 14.3. The standard InChI is InChI=1S/C21H23BrN2O3S/c1-21(2,3)15-8-6-14(7-9-15)18-23-19(20(27-18)24(4)5)28(25,26)17-12-10-16(22)11-13-17/h6-13H,1-5H3. The van der Waals surface area contributed by atoms with Gasteiger partial charge in [0.1, 0.15) is 0 Å². The Morgan fingerprint density at radius 1 is 0.964 bits per heavy atom. The Morgan fingerprint density at radius 2 is 1.54 bits per heavy atom. The van der Waals surface area contributed by atoms with Gasteiger partial charge in [-0.15, -0.1) is 0 Å². The number of benzene rings is 2. The summed E-state index contributed by atoms with van der Waals surface area (Å²) in [5.41, 5.74) is 1.94. The van der Waals surface area contributed by atoms with Gasteiger partial charge in [0.25, 0.3) is 0 Å². The number of halogens is 1. The number of aromatic nitrogens is 1. The van der Waals surface area contributed by atoms with Gasteiger partial charge in [-0.3, -0.25) is 0 Å². The van der Waals surface area contributed by atoms with Gasteiger partial charge in [0.15, 0.2) is 0 Å². The molecule has 3 rings (SSSR count). The van der Waals surface area contributed by atoms with Gasteiger partial charge in [-0.2, -0.15) is 4.98 Å². The van der Waals surface area contributed by atoms with Gasteiger partial charge in [-0.05, 0) is 47.4 Å². The van der Waals surface area contributed by atoms with Gasteiger partial charge in [-0.25, -0.2) is 8.42 Å². The normalized spacial score (nSPS) is 12.2. The molecule has 0 atom stereocenters. The van der Waals surface area contributed by atoms with Crippen LogP contribution >= 0.6 is 15.9 Å². The van der Waals surface area contributed by atoms with Crippen LogP contribution in [0.4, 0.5) is 5.88 Å². The molecule has 0 radical (unpaired) electrons. The molecule has 0 saturated heterocycles. The second-order valence-electron chi connectivity index (χ2n) is 7.81. The van der Waals surface area contributed by atoms with E-state index in [1.54, 1.807) is 43.3 Å². The highest BCUT2D eigenvalue weighted by molar-refractivity contribution is 9.10. The van der Waals surface area contributed by atoms with Crippen molar-refractivity contribution in [1.29, 1.82) is 0 Å². The quantitative estimate of drug-likeness (QED) is 0.526. The molecule has 0 saturated carbocycles. The summed E-state index contributed by atoms with van der Waals surface area (Å²) in [6.45, 7) is 6.42. The molecule has 28 heavy (non-hydrogen) atoms. The Bertz CT molecular complexity index is 1080. The maximum absolute atomic E-state index is 13.1. The number of hydrogen-bond acceptors (Lipinski definition) is 5. The second kappa shape index (κ2) is 7.37. The lowest BCUT2D eigenvalue weighted by molar-refractivity contribution is 0.563. The van der Waals surface area contributed by atoms with Crippen LogP contribution < -0.4 is 4.90 Å². The van der Waals surface area contributed by atoms with E-state index in [0.29, 0.717) is 0 Å². The summed E-state index contributed by atoms with van der Waals surface area (Å²) in [5, 5.41) is -0.0882. The van der Waals surface area contributed by atoms with E-state index in [0.717, 1.165) is 10.0 Å². The van der Waals surface area contributed by atoms with Crippen LogP contribution in [0.15, 0.2) is 67.3 Å². The van der Waals surface area contributed by atoms with E-state index in [9.17, 15) is 8.42 Å². The summed E-state index contributed by atoms with van der Waals surface area (Å²) in [5.74, 6) is 0.484. The van der Waals surface area contributed by atoms with Gasteiger partial charge in [0.2, 0.25) is 26.6 Å². The van der Waals surface area contributed by atoms with E-state index in [1.165, 1.54) is 5.56 Å². The zero-order valence-corrected chi connectivity index (χ0v) is 18.9. The molecule has 0 amide bonds. The molecule has 0 spiro atoms. The van der Waals surface area contributed by atoms with Gasteiger partial charge >= 0.3 is 0 Å². The zero-order chi connectivity index (χ0) is 20.7. The SMILES string of the molecule is CN(C)c1oc(-c2ccc(C(C)(C)C)cc2)nc1S(=O)(=O)c1ccc(Br)cc1. The van der Waals surface area contributed by atoms with Gasteiger partial charge in [0.05, 0.1) is 4.90 Å². The smallest absolute Gasteiger partial charge is 0.235 e. The molecule has 0 bridgehead atoms. The number of hydrogen-bond donors (Lipinski definition) is 0. The first kappa shape index (κ1) is 20.6. The largest absolute Gasteiger partial charge is 0.419 e. The lowest BCUT2D eigenvalue weighted by Gasteiger charge is -2.18. The lowest BCUT2D eigenvalue weighted by Crippen LogP contribution is -2.13. The summed E-state index contributed by atoms with van der Waals surface area (Å²) < 4.78 is 32.9. The van der Waals surface area contributed by atoms with E-state index < -0.39 is 9.84 Å². The minimum Gasteiger partial charge on any atom is -0.419 e. The third-order valence-corrected chi connectivity index (χ3v) is 6.56. The highest BCUT2D eigenvalue weighted by Crippen LogP contribution is 2.34. The second-order valence-corrected chi connectivity index (χ2v) is 10.6. The van der Waals surface area contributed by atoms with Gasteiger partial charge in [0, 0.05) is 24.1 Å². The maximum atomic E-state index is 13.1. The summed E-state index contributed by atoms with van der Waals surface area (Å²) in [4.78, 5) is 6.14. The summed E-state index contributed by atoms with van der Waals surface area (Å²) in [7, 11) is -0.358. The Labute approximate surface area is 174 Å². The maximum Gasteiger partial charge on any atom is 0.235 e. The number of nitrogens with zero attached hydrogens (tertiary/aromatic N) is 2. The van der Waals surface area contributed by atoms with Crippen molar-refractivity contribution in [1.82, 2.24) is 4.98 Å². The minimum atomic E-state index is -3.82. The minimum absolute atomic E-state index is 0.0278. The van der Waals surface area contributed by atoms with Crippen LogP contribution in [-0.4, -0.2) is 27.5 Å². The molecule has 0 aliphatic rings. The van der Waals surface area contributed by atoms with Crippen molar-refractivity contribution in [2.45, 2.75) is 36.1 Å². The van der Waals surface area contributed by atoms with Crippen molar-refractivity contribution in [2.75, 3.05) is 19.0 Å². The van der Waals surface area contributed by atoms with Gasteiger partial charge in [-0.1, -0.05) is 48.8 Å². The molecule has 148 valence electrons. The lowest BCUT2D eigenvalue weighted by atomic mass is 9.87. The van der Waals surface area contributed by atoms with E-state index >= 15 is 0 Å². The first-order valence-electron chi connectivity index (χ1n) is 8.80. The summed E-state index contributed by atoms with van der Waals surface area (Å²) >= 11 is 3.32. The first-order valence-corrected chi connectivity index (χ1v) is 11.1. The number of rotatable bonds is 4. The molecule has 5 nitrogen and oxygen atoms in total. The van der Waals surface area contributed by atoms with Crippen molar-refractivity contribution in [2.24, 2.45) is 0 Å². The average Bonchev–Trinajstić information content (AvgIpc) is 3.08. The predicted octanol–water partition coefficient (Wildman–Crippen LogP) is 5.30. The molecule has 7 heteroatoms. The van der Waals surface area contributed by atoms with Crippen LogP contribution in [0.2, 0.25) is 0 Å². The fraction of sp³-hybridized carbons (Fsp3) is 0.286. The highest BCUT2D eigenvalue weighted by Gasteiger charge is 2.29. The van der Waals surface area contributed by atoms with Crippen molar-refractivity contribution >= 4 is 31.7 Å². The molecule has 3 aromatic rings. The Morgan fingerprint density at radius 3 is 2.04 bits per heavy atom. The zero-order valence-electron chi connectivity index (χ0n) is 16.5. The monoisotopic (exact) mass is 462 g/mol. The average molecular weight is 463 g/mol. The highest BCUT2D eigenvalue weighted by atomic mass is 79.9. The van der Waals surface area contributed by atoms with Crippen molar-refractivity contribution in [3.8, 4) is 11.5 Å². The molecule has 0 unspecified atom stereocenters. The third kappa shape index (κ3) is 4.00. The fourth-order valence-electron chi connectivity index (χ4n) is 2.72. The molecule has 1 heterocycles. The van der Waals surface area contributed by atoms with E-state index in [2.05, 4.69) is 41.7 Å². The Hall–Kier alpha value is -2.12. The van der Waals surface area contributed by atoms with Crippen LogP contribution in [0.25, 0.3) is 11.5 Å². The Balaban J connectivity index is 2.09. The molecule has 0 fully saturated rings. The van der Waals surface area contributed by atoms with Crippen molar-refractivity contribution in [3.05, 3.63) is 58.6 Å². The number of sulfone groups is 1. The van der Waals surface area contributed by atoms with Gasteiger partial charge < -0.3 is 9.32 Å². The molecular weight excluding hydrogens is 440 g/mol. The summed E-state index contributed by atoms with van der Waals surface area (Å²) in [6.07, 6.45) is 0. The molecule has 0 N–H and O–H groups in total. The number of oxazole rings is 1. The Kier molecular flexibility index (Phi) is 5.42.